The normalized spacial score (nSPS) is 40.1. The average molecular weight is 225 g/mol. The van der Waals surface area contributed by atoms with Crippen molar-refractivity contribution in [3.05, 3.63) is 0 Å². The van der Waals surface area contributed by atoms with Crippen molar-refractivity contribution in [1.82, 2.24) is 5.32 Å². The molecule has 0 bridgehead atoms. The van der Waals surface area contributed by atoms with Crippen LogP contribution in [0.15, 0.2) is 0 Å². The highest BCUT2D eigenvalue weighted by Gasteiger charge is 2.50. The molecule has 6 heteroatoms. The Morgan fingerprint density at radius 2 is 1.93 bits per heavy atom. The number of hydrogen-bond acceptors (Lipinski definition) is 3. The molecule has 2 rings (SSSR count). The predicted octanol–water partition coefficient (Wildman–Crippen LogP) is 0.562. The number of hydrogen-bond donors (Lipinski definition) is 1. The molecule has 2 saturated heterocycles. The summed E-state index contributed by atoms with van der Waals surface area (Å²) in [6, 6.07) is 0. The molecule has 2 aliphatic rings. The predicted molar refractivity (Wildman–Crippen MR) is 48.2 cm³/mol. The maximum absolute atomic E-state index is 13.1. The molecule has 14 heavy (non-hydrogen) atoms. The quantitative estimate of drug-likeness (QED) is 0.655. The van der Waals surface area contributed by atoms with Crippen LogP contribution in [-0.2, 0) is 9.84 Å². The van der Waals surface area contributed by atoms with Crippen molar-refractivity contribution in [3.8, 4) is 0 Å². The van der Waals surface area contributed by atoms with E-state index in [0.717, 1.165) is 0 Å². The van der Waals surface area contributed by atoms with E-state index >= 15 is 0 Å². The second-order valence-electron chi connectivity index (χ2n) is 4.33. The van der Waals surface area contributed by atoms with E-state index < -0.39 is 21.3 Å². The molecule has 0 aromatic heterocycles. The van der Waals surface area contributed by atoms with Gasteiger partial charge in [-0.3, -0.25) is 0 Å². The van der Waals surface area contributed by atoms with Gasteiger partial charge in [0.25, 0.3) is 5.92 Å². The smallest absolute Gasteiger partial charge is 0.251 e. The van der Waals surface area contributed by atoms with Crippen LogP contribution in [0.25, 0.3) is 0 Å². The van der Waals surface area contributed by atoms with Crippen molar-refractivity contribution >= 4 is 9.84 Å². The highest BCUT2D eigenvalue weighted by atomic mass is 32.2. The topological polar surface area (TPSA) is 46.2 Å². The Balaban J connectivity index is 2.18. The second kappa shape index (κ2) is 2.88. The standard InChI is InChI=1S/C8H13F2NO2S/c9-8(10)1-3-11-7(5-8)2-4-14(12,13)6-7/h11H,1-6H2. The highest BCUT2D eigenvalue weighted by molar-refractivity contribution is 7.91. The molecule has 3 nitrogen and oxygen atoms in total. The lowest BCUT2D eigenvalue weighted by atomic mass is 9.86. The summed E-state index contributed by atoms with van der Waals surface area (Å²) >= 11 is 0. The molecule has 82 valence electrons. The molecule has 0 aromatic carbocycles. The first-order chi connectivity index (χ1) is 6.33. The van der Waals surface area contributed by atoms with Gasteiger partial charge in [-0.2, -0.15) is 0 Å². The number of alkyl halides is 2. The van der Waals surface area contributed by atoms with Gasteiger partial charge < -0.3 is 5.32 Å². The fraction of sp³-hybridized carbons (Fsp3) is 1.00. The van der Waals surface area contributed by atoms with E-state index in [4.69, 9.17) is 0 Å². The Kier molecular flexibility index (Phi) is 2.12. The molecule has 1 spiro atoms. The van der Waals surface area contributed by atoms with Crippen molar-refractivity contribution in [3.63, 3.8) is 0 Å². The lowest BCUT2D eigenvalue weighted by molar-refractivity contribution is -0.0581. The molecule has 0 radical (unpaired) electrons. The third-order valence-corrected chi connectivity index (χ3v) is 4.79. The molecule has 0 aromatic rings. The Bertz CT molecular complexity index is 341. The first kappa shape index (κ1) is 10.3. The van der Waals surface area contributed by atoms with Gasteiger partial charge in [-0.15, -0.1) is 0 Å². The summed E-state index contributed by atoms with van der Waals surface area (Å²) < 4.78 is 48.7. The van der Waals surface area contributed by atoms with Crippen LogP contribution in [0.4, 0.5) is 8.78 Å². The minimum Gasteiger partial charge on any atom is -0.310 e. The molecule has 1 unspecified atom stereocenters. The van der Waals surface area contributed by atoms with E-state index in [2.05, 4.69) is 5.32 Å². The Morgan fingerprint density at radius 1 is 1.21 bits per heavy atom. The second-order valence-corrected chi connectivity index (χ2v) is 6.52. The first-order valence-electron chi connectivity index (χ1n) is 4.66. The van der Waals surface area contributed by atoms with Crippen molar-refractivity contribution in [2.24, 2.45) is 0 Å². The Morgan fingerprint density at radius 3 is 2.43 bits per heavy atom. The summed E-state index contributed by atoms with van der Waals surface area (Å²) in [5.74, 6) is -2.79. The molecule has 0 saturated carbocycles. The Hall–Kier alpha value is -0.230. The maximum atomic E-state index is 13.1. The Labute approximate surface area is 81.8 Å². The SMILES string of the molecule is O=S1(=O)CCC2(CC(F)(F)CCN2)C1. The van der Waals surface area contributed by atoms with Crippen LogP contribution in [0.3, 0.4) is 0 Å². The number of halogens is 2. The lowest BCUT2D eigenvalue weighted by Gasteiger charge is -2.38. The van der Waals surface area contributed by atoms with Gasteiger partial charge in [-0.1, -0.05) is 0 Å². The van der Waals surface area contributed by atoms with Crippen LogP contribution in [0, 0.1) is 0 Å². The molecule has 1 atom stereocenters. The van der Waals surface area contributed by atoms with Crippen LogP contribution < -0.4 is 5.32 Å². The number of rotatable bonds is 0. The molecule has 2 fully saturated rings. The van der Waals surface area contributed by atoms with E-state index in [0.29, 0.717) is 6.42 Å². The summed E-state index contributed by atoms with van der Waals surface area (Å²) in [7, 11) is -3.10. The number of piperidine rings is 1. The summed E-state index contributed by atoms with van der Waals surface area (Å²) in [5, 5.41) is 2.95. The molecule has 1 N–H and O–H groups in total. The van der Waals surface area contributed by atoms with Crippen molar-refractivity contribution in [2.75, 3.05) is 18.1 Å². The van der Waals surface area contributed by atoms with Crippen LogP contribution in [0.2, 0.25) is 0 Å². The third kappa shape index (κ3) is 1.91. The minimum atomic E-state index is -3.10. The van der Waals surface area contributed by atoms with Crippen LogP contribution in [0.1, 0.15) is 19.3 Å². The third-order valence-electron chi connectivity index (χ3n) is 2.98. The highest BCUT2D eigenvalue weighted by Crippen LogP contribution is 2.38. The first-order valence-corrected chi connectivity index (χ1v) is 6.48. The van der Waals surface area contributed by atoms with E-state index in [-0.39, 0.29) is 30.9 Å². The summed E-state index contributed by atoms with van der Waals surface area (Å²) in [5.41, 5.74) is -0.847. The van der Waals surface area contributed by atoms with Gasteiger partial charge in [0.2, 0.25) is 0 Å². The zero-order valence-corrected chi connectivity index (χ0v) is 8.54. The summed E-state index contributed by atoms with van der Waals surface area (Å²) in [6.45, 7) is 0.211. The molecule has 0 amide bonds. The fourth-order valence-corrected chi connectivity index (χ4v) is 4.39. The zero-order valence-electron chi connectivity index (χ0n) is 7.72. The fourth-order valence-electron chi connectivity index (χ4n) is 2.35. The monoisotopic (exact) mass is 225 g/mol. The number of sulfone groups is 1. The maximum Gasteiger partial charge on any atom is 0.251 e. The van der Waals surface area contributed by atoms with Gasteiger partial charge in [-0.25, -0.2) is 17.2 Å². The molecular weight excluding hydrogens is 212 g/mol. The van der Waals surface area contributed by atoms with Crippen molar-refractivity contribution in [2.45, 2.75) is 30.7 Å². The largest absolute Gasteiger partial charge is 0.310 e. The van der Waals surface area contributed by atoms with Gasteiger partial charge in [0.05, 0.1) is 11.5 Å². The molecule has 0 aliphatic carbocycles. The number of nitrogens with one attached hydrogen (secondary N) is 1. The van der Waals surface area contributed by atoms with Crippen LogP contribution >= 0.6 is 0 Å². The minimum absolute atomic E-state index is 0.0378. The van der Waals surface area contributed by atoms with E-state index in [9.17, 15) is 17.2 Å². The van der Waals surface area contributed by atoms with E-state index in [1.807, 2.05) is 0 Å². The lowest BCUT2D eigenvalue weighted by Crippen LogP contribution is -2.55. The van der Waals surface area contributed by atoms with E-state index in [1.165, 1.54) is 0 Å². The molecule has 2 heterocycles. The van der Waals surface area contributed by atoms with Gasteiger partial charge in [0, 0.05) is 24.9 Å². The average Bonchev–Trinajstić information content (AvgIpc) is 2.24. The van der Waals surface area contributed by atoms with Crippen molar-refractivity contribution in [1.29, 1.82) is 0 Å². The van der Waals surface area contributed by atoms with Gasteiger partial charge in [0.15, 0.2) is 9.84 Å². The van der Waals surface area contributed by atoms with Gasteiger partial charge in [0.1, 0.15) is 0 Å². The zero-order chi connectivity index (χ0) is 10.4. The summed E-state index contributed by atoms with van der Waals surface area (Å²) in [4.78, 5) is 0. The summed E-state index contributed by atoms with van der Waals surface area (Å²) in [6.07, 6.45) is -0.195. The van der Waals surface area contributed by atoms with Gasteiger partial charge in [-0.05, 0) is 6.42 Å². The van der Waals surface area contributed by atoms with Crippen LogP contribution in [0.5, 0.6) is 0 Å². The van der Waals surface area contributed by atoms with Crippen molar-refractivity contribution < 1.29 is 17.2 Å². The van der Waals surface area contributed by atoms with Gasteiger partial charge >= 0.3 is 0 Å². The van der Waals surface area contributed by atoms with E-state index in [1.54, 1.807) is 0 Å². The molecular formula is C8H13F2NO2S. The molecule has 2 aliphatic heterocycles. The van der Waals surface area contributed by atoms with Crippen LogP contribution in [-0.4, -0.2) is 37.9 Å².